The Morgan fingerprint density at radius 1 is 1.24 bits per heavy atom. The van der Waals surface area contributed by atoms with Crippen LogP contribution in [-0.4, -0.2) is 28.6 Å². The van der Waals surface area contributed by atoms with Crippen molar-refractivity contribution in [1.82, 2.24) is 10.6 Å². The standard InChI is InChI=1S/C16H24N2O3/c1-5-16(3,4)18-14(19)11(2)17-13(15(20)21)12-9-7-6-8-10-12/h6-11,13,17H,5H2,1-4H3,(H,18,19)(H,20,21). The maximum Gasteiger partial charge on any atom is 0.325 e. The number of carbonyl (C=O) groups excluding carboxylic acids is 1. The Morgan fingerprint density at radius 3 is 2.29 bits per heavy atom. The Hall–Kier alpha value is -1.88. The van der Waals surface area contributed by atoms with Crippen molar-refractivity contribution in [3.8, 4) is 0 Å². The van der Waals surface area contributed by atoms with E-state index in [9.17, 15) is 14.7 Å². The average Bonchev–Trinajstić information content (AvgIpc) is 2.44. The summed E-state index contributed by atoms with van der Waals surface area (Å²) in [7, 11) is 0. The van der Waals surface area contributed by atoms with Crippen molar-refractivity contribution < 1.29 is 14.7 Å². The maximum absolute atomic E-state index is 12.1. The number of carboxylic acids is 1. The summed E-state index contributed by atoms with van der Waals surface area (Å²) in [5.74, 6) is -1.21. The zero-order chi connectivity index (χ0) is 16.0. The fraction of sp³-hybridized carbons (Fsp3) is 0.500. The van der Waals surface area contributed by atoms with Gasteiger partial charge in [-0.15, -0.1) is 0 Å². The molecule has 0 aliphatic carbocycles. The second-order valence-electron chi connectivity index (χ2n) is 5.80. The number of rotatable bonds is 7. The summed E-state index contributed by atoms with van der Waals surface area (Å²) in [5, 5.41) is 15.1. The smallest absolute Gasteiger partial charge is 0.325 e. The van der Waals surface area contributed by atoms with Crippen LogP contribution in [0.15, 0.2) is 30.3 Å². The van der Waals surface area contributed by atoms with Crippen LogP contribution in [0.5, 0.6) is 0 Å². The van der Waals surface area contributed by atoms with Gasteiger partial charge >= 0.3 is 5.97 Å². The molecule has 0 saturated carbocycles. The van der Waals surface area contributed by atoms with E-state index < -0.39 is 18.1 Å². The number of carbonyl (C=O) groups is 2. The third kappa shape index (κ3) is 5.19. The van der Waals surface area contributed by atoms with Gasteiger partial charge in [-0.25, -0.2) is 0 Å². The molecule has 0 aliphatic heterocycles. The Balaban J connectivity index is 2.76. The lowest BCUT2D eigenvalue weighted by atomic mass is 10.0. The Labute approximate surface area is 125 Å². The number of amides is 1. The lowest BCUT2D eigenvalue weighted by molar-refractivity contribution is -0.140. The zero-order valence-electron chi connectivity index (χ0n) is 13.0. The highest BCUT2D eigenvalue weighted by Gasteiger charge is 2.27. The van der Waals surface area contributed by atoms with Crippen molar-refractivity contribution in [2.45, 2.75) is 51.7 Å². The minimum atomic E-state index is -1.00. The van der Waals surface area contributed by atoms with Gasteiger partial charge in [0.25, 0.3) is 0 Å². The molecule has 1 rings (SSSR count). The highest BCUT2D eigenvalue weighted by Crippen LogP contribution is 2.14. The Morgan fingerprint density at radius 2 is 1.81 bits per heavy atom. The lowest BCUT2D eigenvalue weighted by Crippen LogP contribution is -2.52. The van der Waals surface area contributed by atoms with E-state index in [0.717, 1.165) is 6.42 Å². The van der Waals surface area contributed by atoms with E-state index in [4.69, 9.17) is 0 Å². The van der Waals surface area contributed by atoms with Crippen molar-refractivity contribution in [2.24, 2.45) is 0 Å². The van der Waals surface area contributed by atoms with E-state index in [0.29, 0.717) is 5.56 Å². The maximum atomic E-state index is 12.1. The fourth-order valence-corrected chi connectivity index (χ4v) is 1.81. The van der Waals surface area contributed by atoms with Crippen LogP contribution >= 0.6 is 0 Å². The van der Waals surface area contributed by atoms with Crippen LogP contribution < -0.4 is 10.6 Å². The summed E-state index contributed by atoms with van der Waals surface area (Å²) in [6, 6.07) is 7.32. The van der Waals surface area contributed by atoms with Crippen molar-refractivity contribution in [3.63, 3.8) is 0 Å². The number of hydrogen-bond donors (Lipinski definition) is 3. The van der Waals surface area contributed by atoms with Gasteiger partial charge in [0.05, 0.1) is 6.04 Å². The molecule has 2 unspecified atom stereocenters. The molecule has 1 amide bonds. The third-order valence-corrected chi connectivity index (χ3v) is 3.54. The van der Waals surface area contributed by atoms with Crippen LogP contribution in [0.2, 0.25) is 0 Å². The average molecular weight is 292 g/mol. The van der Waals surface area contributed by atoms with Gasteiger partial charge in [-0.2, -0.15) is 0 Å². The molecule has 2 atom stereocenters. The molecule has 1 aromatic rings. The first-order valence-electron chi connectivity index (χ1n) is 7.12. The molecule has 0 bridgehead atoms. The first kappa shape index (κ1) is 17.2. The van der Waals surface area contributed by atoms with Gasteiger partial charge in [0.1, 0.15) is 6.04 Å². The van der Waals surface area contributed by atoms with Crippen LogP contribution in [0, 0.1) is 0 Å². The summed E-state index contributed by atoms with van der Waals surface area (Å²) < 4.78 is 0. The van der Waals surface area contributed by atoms with Crippen LogP contribution in [0.3, 0.4) is 0 Å². The van der Waals surface area contributed by atoms with E-state index in [1.807, 2.05) is 26.8 Å². The summed E-state index contributed by atoms with van der Waals surface area (Å²) in [4.78, 5) is 23.5. The fourth-order valence-electron chi connectivity index (χ4n) is 1.81. The molecule has 116 valence electrons. The van der Waals surface area contributed by atoms with Gasteiger partial charge in [0.2, 0.25) is 5.91 Å². The van der Waals surface area contributed by atoms with E-state index in [1.54, 1.807) is 31.2 Å². The quantitative estimate of drug-likeness (QED) is 0.719. The number of benzene rings is 1. The molecule has 0 fully saturated rings. The van der Waals surface area contributed by atoms with Crippen molar-refractivity contribution in [2.75, 3.05) is 0 Å². The van der Waals surface area contributed by atoms with E-state index in [1.165, 1.54) is 0 Å². The molecule has 1 aromatic carbocycles. The minimum Gasteiger partial charge on any atom is -0.480 e. The Bertz CT molecular complexity index is 486. The molecule has 0 saturated heterocycles. The number of aliphatic carboxylic acids is 1. The normalized spacial score (nSPS) is 14.3. The van der Waals surface area contributed by atoms with Crippen molar-refractivity contribution >= 4 is 11.9 Å². The van der Waals surface area contributed by atoms with E-state index in [-0.39, 0.29) is 11.4 Å². The molecular formula is C16H24N2O3. The van der Waals surface area contributed by atoms with Gasteiger partial charge < -0.3 is 10.4 Å². The van der Waals surface area contributed by atoms with Crippen LogP contribution in [0.4, 0.5) is 0 Å². The molecular weight excluding hydrogens is 268 g/mol. The molecule has 5 heteroatoms. The molecule has 0 spiro atoms. The molecule has 21 heavy (non-hydrogen) atoms. The highest BCUT2D eigenvalue weighted by molar-refractivity contribution is 5.83. The molecule has 0 aliphatic rings. The van der Waals surface area contributed by atoms with E-state index >= 15 is 0 Å². The monoisotopic (exact) mass is 292 g/mol. The topological polar surface area (TPSA) is 78.4 Å². The largest absolute Gasteiger partial charge is 0.480 e. The van der Waals surface area contributed by atoms with Crippen LogP contribution in [0.1, 0.15) is 45.7 Å². The van der Waals surface area contributed by atoms with Gasteiger partial charge in [-0.1, -0.05) is 37.3 Å². The summed E-state index contributed by atoms with van der Waals surface area (Å²) in [5.41, 5.74) is 0.317. The molecule has 5 nitrogen and oxygen atoms in total. The molecule has 0 heterocycles. The third-order valence-electron chi connectivity index (χ3n) is 3.54. The summed E-state index contributed by atoms with van der Waals surface area (Å²) in [6.45, 7) is 7.52. The predicted molar refractivity (Wildman–Crippen MR) is 81.9 cm³/mol. The zero-order valence-corrected chi connectivity index (χ0v) is 13.0. The van der Waals surface area contributed by atoms with Crippen molar-refractivity contribution in [3.05, 3.63) is 35.9 Å². The first-order chi connectivity index (χ1) is 9.76. The van der Waals surface area contributed by atoms with Gasteiger partial charge in [-0.05, 0) is 32.8 Å². The molecule has 0 radical (unpaired) electrons. The summed E-state index contributed by atoms with van der Waals surface area (Å²) in [6.07, 6.45) is 0.798. The van der Waals surface area contributed by atoms with Gasteiger partial charge in [-0.3, -0.25) is 14.9 Å². The number of carboxylic acid groups (broad SMARTS) is 1. The number of nitrogens with one attached hydrogen (secondary N) is 2. The van der Waals surface area contributed by atoms with Crippen LogP contribution in [-0.2, 0) is 9.59 Å². The van der Waals surface area contributed by atoms with Crippen LogP contribution in [0.25, 0.3) is 0 Å². The van der Waals surface area contributed by atoms with Crippen molar-refractivity contribution in [1.29, 1.82) is 0 Å². The van der Waals surface area contributed by atoms with Gasteiger partial charge in [0.15, 0.2) is 0 Å². The van der Waals surface area contributed by atoms with Gasteiger partial charge in [0, 0.05) is 5.54 Å². The lowest BCUT2D eigenvalue weighted by Gasteiger charge is -2.28. The second-order valence-corrected chi connectivity index (χ2v) is 5.80. The summed E-state index contributed by atoms with van der Waals surface area (Å²) >= 11 is 0. The SMILES string of the molecule is CCC(C)(C)NC(=O)C(C)NC(C(=O)O)c1ccccc1. The predicted octanol–water partition coefficient (Wildman–Crippen LogP) is 2.10. The van der Waals surface area contributed by atoms with E-state index in [2.05, 4.69) is 10.6 Å². The number of hydrogen-bond acceptors (Lipinski definition) is 3. The minimum absolute atomic E-state index is 0.205. The Kier molecular flexibility index (Phi) is 5.90. The molecule has 3 N–H and O–H groups in total. The molecule has 0 aromatic heterocycles. The first-order valence-corrected chi connectivity index (χ1v) is 7.12. The second kappa shape index (κ2) is 7.22. The highest BCUT2D eigenvalue weighted by atomic mass is 16.4.